The van der Waals surface area contributed by atoms with Crippen molar-refractivity contribution < 1.29 is 8.42 Å². The van der Waals surface area contributed by atoms with Crippen molar-refractivity contribution in [1.82, 2.24) is 4.98 Å². The molecule has 0 atom stereocenters. The van der Waals surface area contributed by atoms with Crippen LogP contribution in [0.2, 0.25) is 5.02 Å². The summed E-state index contributed by atoms with van der Waals surface area (Å²) in [6.45, 7) is 1.78. The van der Waals surface area contributed by atoms with E-state index in [-0.39, 0.29) is 9.88 Å². The Morgan fingerprint density at radius 3 is 2.62 bits per heavy atom. The highest BCUT2D eigenvalue weighted by Crippen LogP contribution is 2.23. The molecular weight excluding hydrogens is 330 g/mol. The molecule has 0 saturated heterocycles. The number of halogens is 1. The normalized spacial score (nSPS) is 11.1. The Morgan fingerprint density at radius 2 is 2.05 bits per heavy atom. The summed E-state index contributed by atoms with van der Waals surface area (Å²) in [5.41, 5.74) is 6.96. The highest BCUT2D eigenvalue weighted by atomic mass is 35.5. The summed E-state index contributed by atoms with van der Waals surface area (Å²) < 4.78 is 27.1. The number of pyridine rings is 1. The van der Waals surface area contributed by atoms with Crippen LogP contribution in [0.4, 0.5) is 5.69 Å². The van der Waals surface area contributed by atoms with E-state index in [2.05, 4.69) is 9.71 Å². The van der Waals surface area contributed by atoms with Gasteiger partial charge in [0.1, 0.15) is 9.88 Å². The predicted octanol–water partition coefficient (Wildman–Crippen LogP) is 2.48. The van der Waals surface area contributed by atoms with Crippen LogP contribution in [-0.2, 0) is 10.0 Å². The van der Waals surface area contributed by atoms with Gasteiger partial charge in [-0.2, -0.15) is 0 Å². The van der Waals surface area contributed by atoms with E-state index in [1.165, 1.54) is 18.3 Å². The zero-order valence-electron chi connectivity index (χ0n) is 11.0. The van der Waals surface area contributed by atoms with Gasteiger partial charge in [-0.1, -0.05) is 29.9 Å². The minimum atomic E-state index is -3.75. The second kappa shape index (κ2) is 5.97. The van der Waals surface area contributed by atoms with Crippen LogP contribution < -0.4 is 10.5 Å². The lowest BCUT2D eigenvalue weighted by atomic mass is 10.2. The topological polar surface area (TPSA) is 85.1 Å². The molecule has 0 aliphatic rings. The second-order valence-corrected chi connectivity index (χ2v) is 6.87. The average molecular weight is 342 g/mol. The third-order valence-corrected chi connectivity index (χ3v) is 4.54. The fraction of sp³-hybridized carbons (Fsp3) is 0.0769. The molecule has 0 aliphatic heterocycles. The summed E-state index contributed by atoms with van der Waals surface area (Å²) in [5, 5.41) is 0.445. The number of hydrogen-bond donors (Lipinski definition) is 2. The molecule has 0 amide bonds. The van der Waals surface area contributed by atoms with Gasteiger partial charge in [-0.05, 0) is 36.8 Å². The van der Waals surface area contributed by atoms with Crippen molar-refractivity contribution in [2.24, 2.45) is 5.73 Å². The van der Waals surface area contributed by atoms with Crippen LogP contribution in [0, 0.1) is 6.92 Å². The number of aryl methyl sites for hydroxylation is 1. The number of nitrogens with one attached hydrogen (secondary N) is 1. The zero-order chi connectivity index (χ0) is 15.6. The van der Waals surface area contributed by atoms with Crippen molar-refractivity contribution in [3.8, 4) is 0 Å². The molecule has 2 rings (SSSR count). The number of nitrogens with two attached hydrogens (primary N) is 1. The maximum absolute atomic E-state index is 12.3. The van der Waals surface area contributed by atoms with Gasteiger partial charge >= 0.3 is 0 Å². The Labute approximate surface area is 133 Å². The average Bonchev–Trinajstić information content (AvgIpc) is 2.43. The molecule has 1 aromatic heterocycles. The number of nitrogens with zero attached hydrogens (tertiary/aromatic N) is 1. The number of benzene rings is 1. The van der Waals surface area contributed by atoms with Gasteiger partial charge in [-0.25, -0.2) is 8.42 Å². The van der Waals surface area contributed by atoms with Gasteiger partial charge in [0.25, 0.3) is 10.0 Å². The maximum atomic E-state index is 12.3. The van der Waals surface area contributed by atoms with Crippen LogP contribution in [0.25, 0.3) is 0 Å². The van der Waals surface area contributed by atoms with Crippen molar-refractivity contribution in [1.29, 1.82) is 0 Å². The van der Waals surface area contributed by atoms with Crippen molar-refractivity contribution in [2.75, 3.05) is 4.72 Å². The molecule has 0 aliphatic carbocycles. The molecule has 3 N–H and O–H groups in total. The largest absolute Gasteiger partial charge is 0.388 e. The summed E-state index contributed by atoms with van der Waals surface area (Å²) >= 11 is 10.6. The van der Waals surface area contributed by atoms with Gasteiger partial charge in [0.15, 0.2) is 0 Å². The van der Waals surface area contributed by atoms with Crippen molar-refractivity contribution in [3.63, 3.8) is 0 Å². The molecule has 0 spiro atoms. The van der Waals surface area contributed by atoms with Crippen molar-refractivity contribution in [3.05, 3.63) is 52.8 Å². The first-order valence-electron chi connectivity index (χ1n) is 5.84. The molecule has 0 bridgehead atoms. The summed E-state index contributed by atoms with van der Waals surface area (Å²) in [6, 6.07) is 7.82. The van der Waals surface area contributed by atoms with Gasteiger partial charge in [0.05, 0.1) is 11.4 Å². The van der Waals surface area contributed by atoms with Crippen molar-refractivity contribution >= 4 is 44.5 Å². The first-order chi connectivity index (χ1) is 9.79. The van der Waals surface area contributed by atoms with Gasteiger partial charge in [-0.15, -0.1) is 0 Å². The molecule has 21 heavy (non-hydrogen) atoms. The lowest BCUT2D eigenvalue weighted by Gasteiger charge is -2.11. The zero-order valence-corrected chi connectivity index (χ0v) is 13.4. The van der Waals surface area contributed by atoms with Crippen LogP contribution in [0.3, 0.4) is 0 Å². The van der Waals surface area contributed by atoms with E-state index >= 15 is 0 Å². The van der Waals surface area contributed by atoms with Crippen LogP contribution in [0.15, 0.2) is 41.4 Å². The molecular formula is C13H12ClN3O2S2. The van der Waals surface area contributed by atoms with Crippen LogP contribution in [0.1, 0.15) is 11.3 Å². The molecule has 5 nitrogen and oxygen atoms in total. The lowest BCUT2D eigenvalue weighted by molar-refractivity contribution is 0.600. The van der Waals surface area contributed by atoms with E-state index in [0.29, 0.717) is 16.4 Å². The summed E-state index contributed by atoms with van der Waals surface area (Å²) in [6.07, 6.45) is 1.21. The van der Waals surface area contributed by atoms with E-state index in [1.807, 2.05) is 0 Å². The number of thiocarbonyl (C=S) groups is 1. The molecule has 0 saturated carbocycles. The van der Waals surface area contributed by atoms with Gasteiger partial charge in [0.2, 0.25) is 0 Å². The summed E-state index contributed by atoms with van der Waals surface area (Å²) in [5.74, 6) is 0. The second-order valence-electron chi connectivity index (χ2n) is 4.31. The van der Waals surface area contributed by atoms with E-state index in [4.69, 9.17) is 29.6 Å². The quantitative estimate of drug-likeness (QED) is 0.834. The molecule has 110 valence electrons. The van der Waals surface area contributed by atoms with E-state index in [1.54, 1.807) is 25.1 Å². The Hall–Kier alpha value is -1.70. The number of rotatable bonds is 4. The number of aromatic nitrogens is 1. The fourth-order valence-corrected chi connectivity index (χ4v) is 2.95. The van der Waals surface area contributed by atoms with Crippen LogP contribution >= 0.6 is 23.8 Å². The first-order valence-corrected chi connectivity index (χ1v) is 8.11. The minimum Gasteiger partial charge on any atom is -0.388 e. The predicted molar refractivity (Wildman–Crippen MR) is 87.1 cm³/mol. The monoisotopic (exact) mass is 341 g/mol. The molecule has 0 unspecified atom stereocenters. The molecule has 1 heterocycles. The first kappa shape index (κ1) is 15.7. The van der Waals surface area contributed by atoms with Gasteiger partial charge in [0, 0.05) is 11.2 Å². The van der Waals surface area contributed by atoms with Crippen LogP contribution in [0.5, 0.6) is 0 Å². The molecule has 1 aromatic carbocycles. The molecule has 0 fully saturated rings. The number of sulfonamides is 1. The highest BCUT2D eigenvalue weighted by Gasteiger charge is 2.16. The lowest BCUT2D eigenvalue weighted by Crippen LogP contribution is -2.16. The van der Waals surface area contributed by atoms with Crippen molar-refractivity contribution in [2.45, 2.75) is 11.8 Å². The summed E-state index contributed by atoms with van der Waals surface area (Å²) in [7, 11) is -3.75. The highest BCUT2D eigenvalue weighted by molar-refractivity contribution is 7.92. The Morgan fingerprint density at radius 1 is 1.33 bits per heavy atom. The third-order valence-electron chi connectivity index (χ3n) is 2.74. The number of anilines is 1. The minimum absolute atomic E-state index is 0.0156. The van der Waals surface area contributed by atoms with Gasteiger partial charge in [-0.3, -0.25) is 9.71 Å². The Kier molecular flexibility index (Phi) is 4.46. The molecule has 2 aromatic rings. The van der Waals surface area contributed by atoms with Gasteiger partial charge < -0.3 is 5.73 Å². The molecule has 0 radical (unpaired) electrons. The maximum Gasteiger partial charge on any atom is 0.263 e. The summed E-state index contributed by atoms with van der Waals surface area (Å²) in [4.78, 5) is 4.04. The number of hydrogen-bond acceptors (Lipinski definition) is 4. The Balaban J connectivity index is 2.34. The van der Waals surface area contributed by atoms with Crippen LogP contribution in [-0.4, -0.2) is 18.4 Å². The smallest absolute Gasteiger partial charge is 0.263 e. The molecule has 8 heteroatoms. The third kappa shape index (κ3) is 3.69. The standard InChI is InChI=1S/C13H12ClN3O2S2/c1-8-2-3-9(14)6-12(8)17-21(18,19)10-4-5-11(13(15)20)16-7-10/h2-7,17H,1H3,(H2,15,20). The Bertz CT molecular complexity index is 790. The SMILES string of the molecule is Cc1ccc(Cl)cc1NS(=O)(=O)c1ccc(C(N)=S)nc1. The van der Waals surface area contributed by atoms with E-state index in [0.717, 1.165) is 5.56 Å². The fourth-order valence-electron chi connectivity index (χ4n) is 1.59. The van der Waals surface area contributed by atoms with E-state index < -0.39 is 10.0 Å². The van der Waals surface area contributed by atoms with E-state index in [9.17, 15) is 8.42 Å².